The maximum Gasteiger partial charge on any atom is 0.242 e. The lowest BCUT2D eigenvalue weighted by Crippen LogP contribution is -2.49. The smallest absolute Gasteiger partial charge is 0.242 e. The first kappa shape index (κ1) is 21.3. The summed E-state index contributed by atoms with van der Waals surface area (Å²) in [5.74, 6) is -0.563. The largest absolute Gasteiger partial charge is 0.379 e. The molecule has 0 aromatic heterocycles. The van der Waals surface area contributed by atoms with Crippen molar-refractivity contribution in [1.29, 1.82) is 0 Å². The fourth-order valence-corrected chi connectivity index (χ4v) is 3.04. The highest BCUT2D eigenvalue weighted by molar-refractivity contribution is 5.87. The van der Waals surface area contributed by atoms with E-state index in [0.29, 0.717) is 19.4 Å². The zero-order valence-corrected chi connectivity index (χ0v) is 16.2. The molecule has 1 aliphatic heterocycles. The molecular weight excluding hydrogens is 349 g/mol. The maximum absolute atomic E-state index is 13.1. The topological polar surface area (TPSA) is 61.9 Å². The van der Waals surface area contributed by atoms with E-state index in [4.69, 9.17) is 4.74 Å². The van der Waals surface area contributed by atoms with E-state index in [9.17, 15) is 14.0 Å². The summed E-state index contributed by atoms with van der Waals surface area (Å²) in [6.07, 6.45) is 1.09. The second-order valence-electron chi connectivity index (χ2n) is 6.82. The number of carbonyl (C=O) groups is 2. The number of morpholine rings is 1. The van der Waals surface area contributed by atoms with Gasteiger partial charge in [-0.25, -0.2) is 4.39 Å². The van der Waals surface area contributed by atoms with Crippen LogP contribution in [0.3, 0.4) is 0 Å². The minimum Gasteiger partial charge on any atom is -0.379 e. The zero-order valence-electron chi connectivity index (χ0n) is 16.2. The molecule has 27 heavy (non-hydrogen) atoms. The second kappa shape index (κ2) is 11.0. The fourth-order valence-electron chi connectivity index (χ4n) is 3.04. The van der Waals surface area contributed by atoms with Crippen LogP contribution in [0.15, 0.2) is 24.3 Å². The van der Waals surface area contributed by atoms with Crippen molar-refractivity contribution in [3.8, 4) is 0 Å². The van der Waals surface area contributed by atoms with Crippen LogP contribution in [0.2, 0.25) is 0 Å². The van der Waals surface area contributed by atoms with Gasteiger partial charge in [-0.05, 0) is 31.0 Å². The van der Waals surface area contributed by atoms with Gasteiger partial charge >= 0.3 is 0 Å². The molecule has 1 atom stereocenters. The first-order valence-corrected chi connectivity index (χ1v) is 9.63. The van der Waals surface area contributed by atoms with Crippen molar-refractivity contribution in [2.24, 2.45) is 0 Å². The van der Waals surface area contributed by atoms with E-state index in [1.54, 1.807) is 24.0 Å². The third-order valence-electron chi connectivity index (χ3n) is 4.73. The van der Waals surface area contributed by atoms with Crippen LogP contribution in [0.1, 0.15) is 32.3 Å². The molecule has 150 valence electrons. The minimum atomic E-state index is -0.584. The van der Waals surface area contributed by atoms with E-state index >= 15 is 0 Å². The number of hydrogen-bond donors (Lipinski definition) is 1. The molecule has 1 unspecified atom stereocenters. The Labute approximate surface area is 160 Å². The van der Waals surface area contributed by atoms with Crippen molar-refractivity contribution < 1.29 is 18.7 Å². The molecule has 1 aromatic rings. The van der Waals surface area contributed by atoms with Crippen molar-refractivity contribution in [3.05, 3.63) is 35.6 Å². The number of benzene rings is 1. The van der Waals surface area contributed by atoms with Gasteiger partial charge in [0.1, 0.15) is 11.9 Å². The van der Waals surface area contributed by atoms with Crippen LogP contribution in [0.25, 0.3) is 0 Å². The first-order valence-electron chi connectivity index (χ1n) is 9.63. The average Bonchev–Trinajstić information content (AvgIpc) is 2.68. The number of nitrogens with one attached hydrogen (secondary N) is 1. The highest BCUT2D eigenvalue weighted by atomic mass is 19.1. The Kier molecular flexibility index (Phi) is 8.67. The van der Waals surface area contributed by atoms with Gasteiger partial charge in [0.2, 0.25) is 11.8 Å². The van der Waals surface area contributed by atoms with E-state index in [1.807, 2.05) is 6.92 Å². The van der Waals surface area contributed by atoms with Crippen LogP contribution in [-0.4, -0.2) is 67.0 Å². The zero-order chi connectivity index (χ0) is 19.6. The number of carbonyl (C=O) groups excluding carboxylic acids is 2. The van der Waals surface area contributed by atoms with Crippen molar-refractivity contribution in [1.82, 2.24) is 15.1 Å². The number of nitrogens with zero attached hydrogens (tertiary/aromatic N) is 2. The summed E-state index contributed by atoms with van der Waals surface area (Å²) in [7, 11) is 0. The van der Waals surface area contributed by atoms with E-state index in [1.165, 1.54) is 12.1 Å². The predicted molar refractivity (Wildman–Crippen MR) is 102 cm³/mol. The van der Waals surface area contributed by atoms with Gasteiger partial charge in [-0.2, -0.15) is 0 Å². The second-order valence-corrected chi connectivity index (χ2v) is 6.82. The van der Waals surface area contributed by atoms with E-state index < -0.39 is 6.04 Å². The summed E-state index contributed by atoms with van der Waals surface area (Å²) in [5.41, 5.74) is 0.800. The maximum atomic E-state index is 13.1. The van der Waals surface area contributed by atoms with Gasteiger partial charge in [0.05, 0.1) is 13.2 Å². The number of amides is 2. The molecule has 1 aliphatic rings. The van der Waals surface area contributed by atoms with Gasteiger partial charge in [-0.15, -0.1) is 0 Å². The lowest BCUT2D eigenvalue weighted by atomic mass is 10.1. The quantitative estimate of drug-likeness (QED) is 0.711. The van der Waals surface area contributed by atoms with E-state index in [2.05, 4.69) is 10.2 Å². The van der Waals surface area contributed by atoms with Crippen LogP contribution >= 0.6 is 0 Å². The predicted octanol–water partition coefficient (Wildman–Crippen LogP) is 1.79. The summed E-state index contributed by atoms with van der Waals surface area (Å²) < 4.78 is 18.4. The Hall–Kier alpha value is -1.99. The van der Waals surface area contributed by atoms with Crippen molar-refractivity contribution >= 4 is 11.8 Å². The van der Waals surface area contributed by atoms with Crippen LogP contribution in [0.4, 0.5) is 4.39 Å². The molecule has 1 fully saturated rings. The fraction of sp³-hybridized carbons (Fsp3) is 0.600. The monoisotopic (exact) mass is 379 g/mol. The van der Waals surface area contributed by atoms with Crippen molar-refractivity contribution in [3.63, 3.8) is 0 Å². The Balaban J connectivity index is 1.92. The normalized spacial score (nSPS) is 16.0. The Morgan fingerprint density at radius 2 is 1.93 bits per heavy atom. The summed E-state index contributed by atoms with van der Waals surface area (Å²) in [4.78, 5) is 28.9. The summed E-state index contributed by atoms with van der Waals surface area (Å²) >= 11 is 0. The number of hydrogen-bond acceptors (Lipinski definition) is 4. The average molecular weight is 379 g/mol. The highest BCUT2D eigenvalue weighted by Gasteiger charge is 2.25. The number of ether oxygens (including phenoxy) is 1. The molecule has 1 aromatic carbocycles. The first-order chi connectivity index (χ1) is 13.0. The minimum absolute atomic E-state index is 0.0716. The van der Waals surface area contributed by atoms with Gasteiger partial charge < -0.3 is 15.0 Å². The van der Waals surface area contributed by atoms with E-state index in [0.717, 1.165) is 38.4 Å². The van der Waals surface area contributed by atoms with Crippen molar-refractivity contribution in [2.75, 3.05) is 39.4 Å². The summed E-state index contributed by atoms with van der Waals surface area (Å²) in [5, 5.41) is 2.93. The molecule has 2 rings (SSSR count). The molecule has 2 amide bonds. The molecule has 1 saturated heterocycles. The van der Waals surface area contributed by atoms with Gasteiger partial charge in [0, 0.05) is 39.1 Å². The summed E-state index contributed by atoms with van der Waals surface area (Å²) in [6, 6.07) is 5.43. The Morgan fingerprint density at radius 3 is 2.56 bits per heavy atom. The molecule has 1 heterocycles. The van der Waals surface area contributed by atoms with Gasteiger partial charge in [0.15, 0.2) is 0 Å². The SMILES string of the molecule is CCCC(=O)N(Cc1ccc(F)cc1)C(C)C(=O)NCCN1CCOCC1. The molecule has 0 radical (unpaired) electrons. The van der Waals surface area contributed by atoms with Crippen LogP contribution in [0, 0.1) is 5.82 Å². The molecule has 0 aliphatic carbocycles. The molecule has 7 heteroatoms. The molecular formula is C20H30FN3O3. The van der Waals surface area contributed by atoms with E-state index in [-0.39, 0.29) is 24.2 Å². The number of rotatable bonds is 9. The van der Waals surface area contributed by atoms with Crippen LogP contribution < -0.4 is 5.32 Å². The van der Waals surface area contributed by atoms with Crippen LogP contribution in [0.5, 0.6) is 0 Å². The van der Waals surface area contributed by atoms with Crippen molar-refractivity contribution in [2.45, 2.75) is 39.3 Å². The van der Waals surface area contributed by atoms with Gasteiger partial charge in [-0.1, -0.05) is 19.1 Å². The molecule has 0 saturated carbocycles. The standard InChI is InChI=1S/C20H30FN3O3/c1-3-4-19(25)24(15-17-5-7-18(21)8-6-17)16(2)20(26)22-9-10-23-11-13-27-14-12-23/h5-8,16H,3-4,9-15H2,1-2H3,(H,22,26). The lowest BCUT2D eigenvalue weighted by molar-refractivity contribution is -0.140. The Bertz CT molecular complexity index is 603. The molecule has 1 N–H and O–H groups in total. The molecule has 0 spiro atoms. The third-order valence-corrected chi connectivity index (χ3v) is 4.73. The van der Waals surface area contributed by atoms with Gasteiger partial charge in [0.25, 0.3) is 0 Å². The molecule has 0 bridgehead atoms. The highest BCUT2D eigenvalue weighted by Crippen LogP contribution is 2.12. The van der Waals surface area contributed by atoms with Gasteiger partial charge in [-0.3, -0.25) is 14.5 Å². The van der Waals surface area contributed by atoms with Crippen LogP contribution in [-0.2, 0) is 20.9 Å². The lowest BCUT2D eigenvalue weighted by Gasteiger charge is -2.30. The summed E-state index contributed by atoms with van der Waals surface area (Å²) in [6.45, 7) is 8.45. The Morgan fingerprint density at radius 1 is 1.26 bits per heavy atom. The third kappa shape index (κ3) is 6.92. The molecule has 6 nitrogen and oxygen atoms in total. The number of halogens is 1.